The normalized spacial score (nSPS) is 10.3. The number of aromatic nitrogens is 3. The van der Waals surface area contributed by atoms with Gasteiger partial charge in [-0.15, -0.1) is 0 Å². The van der Waals surface area contributed by atoms with Crippen molar-refractivity contribution >= 4 is 5.91 Å². The molecule has 2 aromatic heterocycles. The van der Waals surface area contributed by atoms with Crippen LogP contribution in [0, 0.1) is 0 Å². The van der Waals surface area contributed by atoms with Gasteiger partial charge in [-0.25, -0.2) is 0 Å². The maximum absolute atomic E-state index is 11.8. The number of amides is 1. The number of pyridine rings is 1. The molecule has 5 nitrogen and oxygen atoms in total. The van der Waals surface area contributed by atoms with Crippen molar-refractivity contribution in [3.05, 3.63) is 48.0 Å². The van der Waals surface area contributed by atoms with Gasteiger partial charge < -0.3 is 5.32 Å². The molecule has 94 valence electrons. The molecule has 0 unspecified atom stereocenters. The first kappa shape index (κ1) is 12.3. The van der Waals surface area contributed by atoms with E-state index in [9.17, 15) is 4.79 Å². The summed E-state index contributed by atoms with van der Waals surface area (Å²) in [6, 6.07) is 5.61. The Balaban J connectivity index is 1.81. The zero-order valence-corrected chi connectivity index (χ0v) is 10.3. The number of carbonyl (C=O) groups is 1. The first-order valence-electron chi connectivity index (χ1n) is 6.00. The molecule has 0 spiro atoms. The summed E-state index contributed by atoms with van der Waals surface area (Å²) in [4.78, 5) is 15.7. The molecule has 0 aromatic carbocycles. The molecule has 0 atom stereocenters. The molecule has 0 bridgehead atoms. The van der Waals surface area contributed by atoms with E-state index in [0.717, 1.165) is 18.5 Å². The highest BCUT2D eigenvalue weighted by Gasteiger charge is 2.07. The summed E-state index contributed by atoms with van der Waals surface area (Å²) in [6.07, 6.45) is 6.10. The second kappa shape index (κ2) is 5.95. The summed E-state index contributed by atoms with van der Waals surface area (Å²) in [5.41, 5.74) is 1.62. The molecular formula is C13H16N4O. The Labute approximate surface area is 106 Å². The second-order valence-electron chi connectivity index (χ2n) is 3.92. The summed E-state index contributed by atoms with van der Waals surface area (Å²) in [5, 5.41) is 7.00. The van der Waals surface area contributed by atoms with Crippen LogP contribution >= 0.6 is 0 Å². The molecule has 1 N–H and O–H groups in total. The van der Waals surface area contributed by atoms with Crippen LogP contribution in [0.15, 0.2) is 36.8 Å². The zero-order valence-electron chi connectivity index (χ0n) is 10.3. The van der Waals surface area contributed by atoms with Gasteiger partial charge in [0.05, 0.1) is 0 Å². The van der Waals surface area contributed by atoms with Crippen molar-refractivity contribution in [2.45, 2.75) is 19.9 Å². The minimum absolute atomic E-state index is 0.128. The Bertz CT molecular complexity index is 507. The third-order valence-electron chi connectivity index (χ3n) is 2.65. The van der Waals surface area contributed by atoms with Gasteiger partial charge in [0, 0.05) is 31.7 Å². The number of rotatable bonds is 5. The molecule has 0 saturated heterocycles. The predicted molar refractivity (Wildman–Crippen MR) is 68.2 cm³/mol. The molecule has 2 rings (SSSR count). The quantitative estimate of drug-likeness (QED) is 0.861. The molecule has 5 heteroatoms. The second-order valence-corrected chi connectivity index (χ2v) is 3.92. The fourth-order valence-electron chi connectivity index (χ4n) is 1.62. The molecule has 0 aliphatic rings. The van der Waals surface area contributed by atoms with E-state index in [1.54, 1.807) is 29.3 Å². The summed E-state index contributed by atoms with van der Waals surface area (Å²) < 4.78 is 1.73. The van der Waals surface area contributed by atoms with Crippen molar-refractivity contribution in [3.8, 4) is 0 Å². The van der Waals surface area contributed by atoms with Gasteiger partial charge in [-0.2, -0.15) is 5.10 Å². The van der Waals surface area contributed by atoms with E-state index in [1.165, 1.54) is 0 Å². The molecule has 18 heavy (non-hydrogen) atoms. The van der Waals surface area contributed by atoms with Crippen LogP contribution < -0.4 is 5.32 Å². The SMILES string of the molecule is CCn1ccc(C(=O)NCCc2ccncc2)n1. The first-order valence-corrected chi connectivity index (χ1v) is 6.00. The van der Waals surface area contributed by atoms with Gasteiger partial charge in [0.15, 0.2) is 0 Å². The Kier molecular flexibility index (Phi) is 4.06. The highest BCUT2D eigenvalue weighted by atomic mass is 16.1. The standard InChI is InChI=1S/C13H16N4O/c1-2-17-10-6-12(16-17)13(18)15-9-5-11-3-7-14-8-4-11/h3-4,6-8,10H,2,5,9H2,1H3,(H,15,18). The van der Waals surface area contributed by atoms with Gasteiger partial charge in [-0.3, -0.25) is 14.5 Å². The van der Waals surface area contributed by atoms with Crippen molar-refractivity contribution in [3.63, 3.8) is 0 Å². The van der Waals surface area contributed by atoms with E-state index < -0.39 is 0 Å². The average molecular weight is 244 g/mol. The molecular weight excluding hydrogens is 228 g/mol. The van der Waals surface area contributed by atoms with Crippen LogP contribution in [-0.2, 0) is 13.0 Å². The maximum Gasteiger partial charge on any atom is 0.271 e. The molecule has 0 saturated carbocycles. The van der Waals surface area contributed by atoms with Crippen LogP contribution in [0.2, 0.25) is 0 Å². The lowest BCUT2D eigenvalue weighted by atomic mass is 10.2. The largest absolute Gasteiger partial charge is 0.350 e. The number of aryl methyl sites for hydroxylation is 1. The van der Waals surface area contributed by atoms with Crippen LogP contribution in [0.4, 0.5) is 0 Å². The highest BCUT2D eigenvalue weighted by Crippen LogP contribution is 1.98. The Morgan fingerprint density at radius 3 is 2.78 bits per heavy atom. The number of nitrogens with zero attached hydrogens (tertiary/aromatic N) is 3. The highest BCUT2D eigenvalue weighted by molar-refractivity contribution is 5.92. The Morgan fingerprint density at radius 1 is 1.33 bits per heavy atom. The lowest BCUT2D eigenvalue weighted by molar-refractivity contribution is 0.0948. The van der Waals surface area contributed by atoms with E-state index >= 15 is 0 Å². The number of nitrogens with one attached hydrogen (secondary N) is 1. The number of hydrogen-bond acceptors (Lipinski definition) is 3. The summed E-state index contributed by atoms with van der Waals surface area (Å²) in [6.45, 7) is 3.35. The minimum atomic E-state index is -0.128. The van der Waals surface area contributed by atoms with Crippen LogP contribution in [0.5, 0.6) is 0 Å². The molecule has 2 aromatic rings. The van der Waals surface area contributed by atoms with E-state index in [0.29, 0.717) is 12.2 Å². The first-order chi connectivity index (χ1) is 8.79. The van der Waals surface area contributed by atoms with Gasteiger partial charge in [0.2, 0.25) is 0 Å². The number of hydrogen-bond donors (Lipinski definition) is 1. The van der Waals surface area contributed by atoms with Gasteiger partial charge in [0.1, 0.15) is 5.69 Å². The smallest absolute Gasteiger partial charge is 0.271 e. The van der Waals surface area contributed by atoms with Crippen LogP contribution in [-0.4, -0.2) is 27.2 Å². The molecule has 2 heterocycles. The van der Waals surface area contributed by atoms with Gasteiger partial charge in [0.25, 0.3) is 5.91 Å². The fraction of sp³-hybridized carbons (Fsp3) is 0.308. The average Bonchev–Trinajstić information content (AvgIpc) is 2.89. The van der Waals surface area contributed by atoms with E-state index in [4.69, 9.17) is 0 Å². The summed E-state index contributed by atoms with van der Waals surface area (Å²) in [5.74, 6) is -0.128. The molecule has 0 aliphatic heterocycles. The van der Waals surface area contributed by atoms with Crippen LogP contribution in [0.25, 0.3) is 0 Å². The third kappa shape index (κ3) is 3.16. The lowest BCUT2D eigenvalue weighted by Gasteiger charge is -2.03. The molecule has 0 radical (unpaired) electrons. The van der Waals surface area contributed by atoms with Crippen molar-refractivity contribution in [1.29, 1.82) is 0 Å². The summed E-state index contributed by atoms with van der Waals surface area (Å²) >= 11 is 0. The van der Waals surface area contributed by atoms with E-state index in [1.807, 2.05) is 19.1 Å². The van der Waals surface area contributed by atoms with Gasteiger partial charge in [-0.05, 0) is 37.1 Å². The van der Waals surface area contributed by atoms with Crippen LogP contribution in [0.1, 0.15) is 23.0 Å². The predicted octanol–water partition coefficient (Wildman–Crippen LogP) is 1.27. The lowest BCUT2D eigenvalue weighted by Crippen LogP contribution is -2.26. The molecule has 1 amide bonds. The molecule has 0 aliphatic carbocycles. The van der Waals surface area contributed by atoms with E-state index in [2.05, 4.69) is 15.4 Å². The summed E-state index contributed by atoms with van der Waals surface area (Å²) in [7, 11) is 0. The fourth-order valence-corrected chi connectivity index (χ4v) is 1.62. The monoisotopic (exact) mass is 244 g/mol. The minimum Gasteiger partial charge on any atom is -0.350 e. The van der Waals surface area contributed by atoms with Crippen molar-refractivity contribution in [1.82, 2.24) is 20.1 Å². The molecule has 0 fully saturated rings. The van der Waals surface area contributed by atoms with Gasteiger partial charge in [-0.1, -0.05) is 0 Å². The Hall–Kier alpha value is -2.17. The van der Waals surface area contributed by atoms with E-state index in [-0.39, 0.29) is 5.91 Å². The zero-order chi connectivity index (χ0) is 12.8. The Morgan fingerprint density at radius 2 is 2.11 bits per heavy atom. The number of carbonyl (C=O) groups excluding carboxylic acids is 1. The van der Waals surface area contributed by atoms with Crippen molar-refractivity contribution in [2.75, 3.05) is 6.54 Å². The van der Waals surface area contributed by atoms with Gasteiger partial charge >= 0.3 is 0 Å². The van der Waals surface area contributed by atoms with Crippen LogP contribution in [0.3, 0.4) is 0 Å². The topological polar surface area (TPSA) is 59.8 Å². The van der Waals surface area contributed by atoms with Crippen molar-refractivity contribution in [2.24, 2.45) is 0 Å². The third-order valence-corrected chi connectivity index (χ3v) is 2.65. The van der Waals surface area contributed by atoms with Crippen molar-refractivity contribution < 1.29 is 4.79 Å². The maximum atomic E-state index is 11.8.